The van der Waals surface area contributed by atoms with Crippen LogP contribution in [0.15, 0.2) is 79.4 Å². The summed E-state index contributed by atoms with van der Waals surface area (Å²) in [7, 11) is 0. The summed E-state index contributed by atoms with van der Waals surface area (Å²) in [6.45, 7) is 4.19. The van der Waals surface area contributed by atoms with Gasteiger partial charge in [0, 0.05) is 17.4 Å². The largest absolute Gasteiger partial charge is 0.485 e. The molecule has 2 aromatic carbocycles. The zero-order valence-electron chi connectivity index (χ0n) is 21.1. The van der Waals surface area contributed by atoms with Crippen molar-refractivity contribution in [2.24, 2.45) is 0 Å². The molecule has 0 unspecified atom stereocenters. The zero-order chi connectivity index (χ0) is 26.5. The first-order chi connectivity index (χ1) is 19.1. The maximum atomic E-state index is 6.45. The fourth-order valence-corrected chi connectivity index (χ4v) is 5.19. The predicted octanol–water partition coefficient (Wildman–Crippen LogP) is 5.84. The predicted molar refractivity (Wildman–Crippen MR) is 145 cm³/mol. The molecule has 0 fully saturated rings. The molecule has 1 atom stereocenters. The van der Waals surface area contributed by atoms with Crippen molar-refractivity contribution in [2.45, 2.75) is 26.4 Å². The Balaban J connectivity index is 1.37. The molecule has 7 rings (SSSR count). The number of hydrogen-bond donors (Lipinski definition) is 0. The molecule has 192 valence electrons. The van der Waals surface area contributed by atoms with Gasteiger partial charge in [-0.15, -0.1) is 5.10 Å². The highest BCUT2D eigenvalue weighted by atomic mass is 35.5. The van der Waals surface area contributed by atoms with Gasteiger partial charge in [-0.2, -0.15) is 5.10 Å². The lowest BCUT2D eigenvalue weighted by atomic mass is 9.85. The van der Waals surface area contributed by atoms with Crippen LogP contribution in [-0.4, -0.2) is 34.3 Å². The number of fused-ring (bicyclic) bond motifs is 4. The summed E-state index contributed by atoms with van der Waals surface area (Å²) >= 11 is 6.30. The summed E-state index contributed by atoms with van der Waals surface area (Å²) in [4.78, 5) is 13.9. The van der Waals surface area contributed by atoms with Crippen LogP contribution in [0.1, 0.15) is 39.7 Å². The van der Waals surface area contributed by atoms with Crippen molar-refractivity contribution in [1.29, 1.82) is 0 Å². The third-order valence-electron chi connectivity index (χ3n) is 6.78. The third kappa shape index (κ3) is 3.98. The van der Waals surface area contributed by atoms with Crippen molar-refractivity contribution in [3.05, 3.63) is 118 Å². The number of ether oxygens (including phenoxy) is 2. The average molecular weight is 536 g/mol. The number of rotatable bonds is 5. The van der Waals surface area contributed by atoms with Gasteiger partial charge >= 0.3 is 0 Å². The van der Waals surface area contributed by atoms with E-state index in [4.69, 9.17) is 31.2 Å². The molecule has 1 aliphatic heterocycles. The van der Waals surface area contributed by atoms with Crippen LogP contribution in [0.5, 0.6) is 17.5 Å². The van der Waals surface area contributed by atoms with E-state index in [0.29, 0.717) is 28.3 Å². The minimum absolute atomic E-state index is 0.219. The van der Waals surface area contributed by atoms with E-state index >= 15 is 0 Å². The number of pyridine rings is 1. The average Bonchev–Trinajstić information content (AvgIpc) is 3.52. The Morgan fingerprint density at radius 2 is 1.90 bits per heavy atom. The molecule has 10 heteroatoms. The second-order valence-corrected chi connectivity index (χ2v) is 9.77. The van der Waals surface area contributed by atoms with Crippen molar-refractivity contribution in [3.63, 3.8) is 0 Å². The van der Waals surface area contributed by atoms with E-state index in [1.54, 1.807) is 21.7 Å². The third-order valence-corrected chi connectivity index (χ3v) is 7.02. The van der Waals surface area contributed by atoms with Crippen LogP contribution in [-0.2, 0) is 6.61 Å². The summed E-state index contributed by atoms with van der Waals surface area (Å²) in [5, 5.41) is 10.1. The molecule has 1 aliphatic rings. The van der Waals surface area contributed by atoms with Crippen LogP contribution in [0.4, 0.5) is 0 Å². The van der Waals surface area contributed by atoms with E-state index < -0.39 is 0 Å². The number of para-hydroxylation sites is 1. The molecule has 0 radical (unpaired) electrons. The van der Waals surface area contributed by atoms with Crippen molar-refractivity contribution >= 4 is 17.2 Å². The molecule has 0 saturated heterocycles. The highest BCUT2D eigenvalue weighted by Crippen LogP contribution is 2.49. The standard InChI is InChI=1S/C29H22ClN7O2/c1-17-7-3-4-11-22(17)38-15-23-33-27-26-25(19-8-6-12-31-14-19)24-18(2)34-37(21-10-5-9-20(30)13-21)29(24)39-28(26)32-16-36(27)35-23/h3-14,16,25H,15H2,1-2H3/t25-/m1/s1. The number of benzene rings is 2. The molecule has 9 nitrogen and oxygen atoms in total. The number of aromatic nitrogens is 7. The lowest BCUT2D eigenvalue weighted by molar-refractivity contribution is 0.294. The fourth-order valence-electron chi connectivity index (χ4n) is 5.01. The topological polar surface area (TPSA) is 92.3 Å². The van der Waals surface area contributed by atoms with Gasteiger partial charge in [-0.1, -0.05) is 41.9 Å². The van der Waals surface area contributed by atoms with Crippen molar-refractivity contribution in [1.82, 2.24) is 34.3 Å². The first-order valence-corrected chi connectivity index (χ1v) is 12.8. The summed E-state index contributed by atoms with van der Waals surface area (Å²) in [6.07, 6.45) is 5.21. The maximum absolute atomic E-state index is 6.45. The van der Waals surface area contributed by atoms with Gasteiger partial charge < -0.3 is 9.47 Å². The lowest BCUT2D eigenvalue weighted by Crippen LogP contribution is -2.16. The molecule has 5 heterocycles. The Bertz CT molecular complexity index is 1850. The molecule has 0 N–H and O–H groups in total. The first-order valence-electron chi connectivity index (χ1n) is 12.4. The van der Waals surface area contributed by atoms with Crippen LogP contribution < -0.4 is 9.47 Å². The summed E-state index contributed by atoms with van der Waals surface area (Å²) in [5.41, 5.74) is 5.96. The molecular formula is C29H22ClN7O2. The van der Waals surface area contributed by atoms with Gasteiger partial charge in [-0.05, 0) is 55.3 Å². The van der Waals surface area contributed by atoms with Gasteiger partial charge in [-0.3, -0.25) is 4.98 Å². The Kier molecular flexibility index (Phi) is 5.52. The van der Waals surface area contributed by atoms with Gasteiger partial charge in [-0.25, -0.2) is 19.2 Å². The van der Waals surface area contributed by atoms with Crippen LogP contribution in [0, 0.1) is 13.8 Å². The van der Waals surface area contributed by atoms with E-state index in [1.807, 2.05) is 80.7 Å². The molecular weight excluding hydrogens is 514 g/mol. The van der Waals surface area contributed by atoms with Crippen LogP contribution in [0.2, 0.25) is 5.02 Å². The molecule has 0 amide bonds. The Morgan fingerprint density at radius 1 is 1.00 bits per heavy atom. The molecule has 39 heavy (non-hydrogen) atoms. The molecule has 6 aromatic rings. The molecule has 0 saturated carbocycles. The number of nitrogens with zero attached hydrogens (tertiary/aromatic N) is 7. The van der Waals surface area contributed by atoms with E-state index in [0.717, 1.165) is 39.4 Å². The van der Waals surface area contributed by atoms with Gasteiger partial charge in [0.1, 0.15) is 18.7 Å². The van der Waals surface area contributed by atoms with E-state index in [9.17, 15) is 0 Å². The highest BCUT2D eigenvalue weighted by molar-refractivity contribution is 6.30. The van der Waals surface area contributed by atoms with Crippen molar-refractivity contribution < 1.29 is 9.47 Å². The fraction of sp³-hybridized carbons (Fsp3) is 0.138. The minimum Gasteiger partial charge on any atom is -0.485 e. The zero-order valence-corrected chi connectivity index (χ0v) is 21.9. The number of halogens is 1. The first kappa shape index (κ1) is 23.4. The van der Waals surface area contributed by atoms with Crippen LogP contribution >= 0.6 is 11.6 Å². The summed E-state index contributed by atoms with van der Waals surface area (Å²) in [5.74, 6) is 2.06. The lowest BCUT2D eigenvalue weighted by Gasteiger charge is -2.26. The van der Waals surface area contributed by atoms with Gasteiger partial charge in [0.2, 0.25) is 11.8 Å². The molecule has 0 aliphatic carbocycles. The molecule has 0 bridgehead atoms. The minimum atomic E-state index is -0.282. The Morgan fingerprint density at radius 3 is 2.72 bits per heavy atom. The smallest absolute Gasteiger partial charge is 0.230 e. The van der Waals surface area contributed by atoms with Crippen molar-refractivity contribution in [3.8, 4) is 23.2 Å². The number of aryl methyl sites for hydroxylation is 2. The Labute approximate surface area is 228 Å². The highest BCUT2D eigenvalue weighted by Gasteiger charge is 2.38. The van der Waals surface area contributed by atoms with Gasteiger partial charge in [0.25, 0.3) is 0 Å². The summed E-state index contributed by atoms with van der Waals surface area (Å²) < 4.78 is 15.9. The summed E-state index contributed by atoms with van der Waals surface area (Å²) in [6, 6.07) is 19.3. The van der Waals surface area contributed by atoms with E-state index in [1.165, 1.54) is 0 Å². The molecule has 0 spiro atoms. The second kappa shape index (κ2) is 9.21. The van der Waals surface area contributed by atoms with Gasteiger partial charge in [0.15, 0.2) is 11.5 Å². The number of hydrogen-bond acceptors (Lipinski definition) is 7. The van der Waals surface area contributed by atoms with E-state index in [2.05, 4.69) is 15.1 Å². The SMILES string of the molecule is Cc1ccccc1OCc1nc2c3c(ncn2n1)Oc1c(c(C)nn1-c1cccc(Cl)c1)[C@H]3c1cccnc1. The monoisotopic (exact) mass is 535 g/mol. The quantitative estimate of drug-likeness (QED) is 0.273. The van der Waals surface area contributed by atoms with Crippen LogP contribution in [0.3, 0.4) is 0 Å². The van der Waals surface area contributed by atoms with E-state index in [-0.39, 0.29) is 12.5 Å². The maximum Gasteiger partial charge on any atom is 0.230 e. The normalized spacial score (nSPS) is 14.1. The van der Waals surface area contributed by atoms with Crippen LogP contribution in [0.25, 0.3) is 11.3 Å². The van der Waals surface area contributed by atoms with Crippen molar-refractivity contribution in [2.75, 3.05) is 0 Å². The second-order valence-electron chi connectivity index (χ2n) is 9.33. The molecule has 4 aromatic heterocycles. The Hall–Kier alpha value is -4.76. The van der Waals surface area contributed by atoms with Gasteiger partial charge in [0.05, 0.1) is 28.4 Å².